The number of methoxy groups -OCH3 is 1. The Labute approximate surface area is 107 Å². The van der Waals surface area contributed by atoms with Crippen molar-refractivity contribution >= 4 is 17.6 Å². The molecule has 1 aromatic rings. The second-order valence-electron chi connectivity index (χ2n) is 3.64. The SMILES string of the molecule is COC(=O)C(C)NC(=O)c1ccc([N+](=O)[O-])c(F)c1. The predicted molar refractivity (Wildman–Crippen MR) is 62.0 cm³/mol. The van der Waals surface area contributed by atoms with Crippen molar-refractivity contribution in [1.82, 2.24) is 5.32 Å². The van der Waals surface area contributed by atoms with Gasteiger partial charge in [0.2, 0.25) is 5.82 Å². The quantitative estimate of drug-likeness (QED) is 0.500. The first-order chi connectivity index (χ1) is 8.86. The Morgan fingerprint density at radius 1 is 1.47 bits per heavy atom. The van der Waals surface area contributed by atoms with E-state index in [4.69, 9.17) is 0 Å². The molecule has 0 radical (unpaired) electrons. The summed E-state index contributed by atoms with van der Waals surface area (Å²) < 4.78 is 17.7. The van der Waals surface area contributed by atoms with Crippen LogP contribution >= 0.6 is 0 Å². The molecular weight excluding hydrogens is 259 g/mol. The summed E-state index contributed by atoms with van der Waals surface area (Å²) in [6.07, 6.45) is 0. The third kappa shape index (κ3) is 3.47. The predicted octanol–water partition coefficient (Wildman–Crippen LogP) is 1.03. The summed E-state index contributed by atoms with van der Waals surface area (Å²) in [7, 11) is 1.16. The Bertz CT molecular complexity index is 532. The summed E-state index contributed by atoms with van der Waals surface area (Å²) in [5, 5.41) is 12.7. The van der Waals surface area contributed by atoms with Crippen molar-refractivity contribution in [2.24, 2.45) is 0 Å². The summed E-state index contributed by atoms with van der Waals surface area (Å²) in [5.74, 6) is -2.51. The number of esters is 1. The van der Waals surface area contributed by atoms with Crippen LogP contribution in [-0.2, 0) is 9.53 Å². The number of ether oxygens (including phenoxy) is 1. The Hall–Kier alpha value is -2.51. The molecule has 0 saturated heterocycles. The molecule has 0 aliphatic carbocycles. The van der Waals surface area contributed by atoms with Crippen LogP contribution in [0, 0.1) is 15.9 Å². The van der Waals surface area contributed by atoms with E-state index in [-0.39, 0.29) is 5.56 Å². The largest absolute Gasteiger partial charge is 0.467 e. The van der Waals surface area contributed by atoms with Gasteiger partial charge in [0.05, 0.1) is 12.0 Å². The van der Waals surface area contributed by atoms with E-state index in [1.165, 1.54) is 6.92 Å². The second-order valence-corrected chi connectivity index (χ2v) is 3.64. The molecular formula is C11H11FN2O5. The molecule has 1 rings (SSSR count). The highest BCUT2D eigenvalue weighted by Gasteiger charge is 2.20. The smallest absolute Gasteiger partial charge is 0.328 e. The van der Waals surface area contributed by atoms with Gasteiger partial charge in [0, 0.05) is 11.6 Å². The number of amides is 1. The summed E-state index contributed by atoms with van der Waals surface area (Å²) >= 11 is 0. The molecule has 1 N–H and O–H groups in total. The maximum absolute atomic E-state index is 13.3. The number of benzene rings is 1. The van der Waals surface area contributed by atoms with Crippen LogP contribution in [0.15, 0.2) is 18.2 Å². The molecule has 1 atom stereocenters. The Morgan fingerprint density at radius 2 is 2.11 bits per heavy atom. The van der Waals surface area contributed by atoms with Crippen LogP contribution in [0.5, 0.6) is 0 Å². The Morgan fingerprint density at radius 3 is 2.58 bits per heavy atom. The van der Waals surface area contributed by atoms with Crippen molar-refractivity contribution in [1.29, 1.82) is 0 Å². The van der Waals surface area contributed by atoms with Gasteiger partial charge in [-0.15, -0.1) is 0 Å². The van der Waals surface area contributed by atoms with E-state index in [1.54, 1.807) is 0 Å². The van der Waals surface area contributed by atoms with Gasteiger partial charge in [0.25, 0.3) is 5.91 Å². The maximum Gasteiger partial charge on any atom is 0.328 e. The third-order valence-electron chi connectivity index (χ3n) is 2.31. The van der Waals surface area contributed by atoms with Crippen molar-refractivity contribution in [2.45, 2.75) is 13.0 Å². The topological polar surface area (TPSA) is 98.5 Å². The van der Waals surface area contributed by atoms with E-state index >= 15 is 0 Å². The fraction of sp³-hybridized carbons (Fsp3) is 0.273. The van der Waals surface area contributed by atoms with Crippen LogP contribution in [0.2, 0.25) is 0 Å². The minimum absolute atomic E-state index is 0.126. The summed E-state index contributed by atoms with van der Waals surface area (Å²) in [4.78, 5) is 32.3. The molecule has 0 heterocycles. The molecule has 0 saturated carbocycles. The lowest BCUT2D eigenvalue weighted by molar-refractivity contribution is -0.387. The number of nitro groups is 1. The van der Waals surface area contributed by atoms with E-state index in [1.807, 2.05) is 0 Å². The van der Waals surface area contributed by atoms with Crippen molar-refractivity contribution in [2.75, 3.05) is 7.11 Å². The fourth-order valence-electron chi connectivity index (χ4n) is 1.31. The van der Waals surface area contributed by atoms with Crippen LogP contribution < -0.4 is 5.32 Å². The van der Waals surface area contributed by atoms with Crippen LogP contribution in [0.25, 0.3) is 0 Å². The maximum atomic E-state index is 13.3. The summed E-state index contributed by atoms with van der Waals surface area (Å²) in [6, 6.07) is 1.81. The number of nitrogens with one attached hydrogen (secondary N) is 1. The van der Waals surface area contributed by atoms with Gasteiger partial charge in [-0.2, -0.15) is 4.39 Å². The molecule has 8 heteroatoms. The highest BCUT2D eigenvalue weighted by Crippen LogP contribution is 2.17. The molecule has 0 fully saturated rings. The average Bonchev–Trinajstić information content (AvgIpc) is 2.36. The zero-order valence-electron chi connectivity index (χ0n) is 10.2. The lowest BCUT2D eigenvalue weighted by atomic mass is 10.1. The van der Waals surface area contributed by atoms with E-state index < -0.39 is 34.3 Å². The van der Waals surface area contributed by atoms with Crippen LogP contribution in [0.1, 0.15) is 17.3 Å². The minimum atomic E-state index is -1.12. The van der Waals surface area contributed by atoms with Gasteiger partial charge in [0.1, 0.15) is 6.04 Å². The lowest BCUT2D eigenvalue weighted by Gasteiger charge is -2.11. The van der Waals surface area contributed by atoms with Crippen molar-refractivity contribution in [3.8, 4) is 0 Å². The van der Waals surface area contributed by atoms with Gasteiger partial charge >= 0.3 is 11.7 Å². The number of hydrogen-bond acceptors (Lipinski definition) is 5. The molecule has 19 heavy (non-hydrogen) atoms. The van der Waals surface area contributed by atoms with Crippen LogP contribution in [0.3, 0.4) is 0 Å². The van der Waals surface area contributed by atoms with Gasteiger partial charge in [-0.3, -0.25) is 14.9 Å². The van der Waals surface area contributed by atoms with Crippen LogP contribution in [0.4, 0.5) is 10.1 Å². The van der Waals surface area contributed by atoms with E-state index in [9.17, 15) is 24.1 Å². The molecule has 1 aromatic carbocycles. The first kappa shape index (κ1) is 14.6. The monoisotopic (exact) mass is 270 g/mol. The lowest BCUT2D eigenvalue weighted by Crippen LogP contribution is -2.39. The van der Waals surface area contributed by atoms with Gasteiger partial charge in [0.15, 0.2) is 0 Å². The number of nitrogens with zero attached hydrogens (tertiary/aromatic N) is 1. The van der Waals surface area contributed by atoms with Crippen molar-refractivity contribution in [3.63, 3.8) is 0 Å². The number of halogens is 1. The van der Waals surface area contributed by atoms with Crippen molar-refractivity contribution in [3.05, 3.63) is 39.7 Å². The van der Waals surface area contributed by atoms with Gasteiger partial charge in [-0.1, -0.05) is 0 Å². The van der Waals surface area contributed by atoms with Crippen molar-refractivity contribution < 1.29 is 23.6 Å². The number of carbonyl (C=O) groups is 2. The van der Waals surface area contributed by atoms with Crippen LogP contribution in [-0.4, -0.2) is 30.0 Å². The van der Waals surface area contributed by atoms with E-state index in [2.05, 4.69) is 10.1 Å². The first-order valence-electron chi connectivity index (χ1n) is 5.19. The summed E-state index contributed by atoms with van der Waals surface area (Å²) in [6.45, 7) is 1.39. The fourth-order valence-corrected chi connectivity index (χ4v) is 1.31. The molecule has 0 bridgehead atoms. The van der Waals surface area contributed by atoms with Gasteiger partial charge in [-0.05, 0) is 19.1 Å². The third-order valence-corrected chi connectivity index (χ3v) is 2.31. The highest BCUT2D eigenvalue weighted by atomic mass is 19.1. The molecule has 0 aliphatic rings. The Kier molecular flexibility index (Phi) is 4.51. The normalized spacial score (nSPS) is 11.5. The number of nitro benzene ring substituents is 1. The molecule has 1 amide bonds. The highest BCUT2D eigenvalue weighted by molar-refractivity contribution is 5.96. The van der Waals surface area contributed by atoms with E-state index in [0.717, 1.165) is 25.3 Å². The molecule has 102 valence electrons. The number of carbonyl (C=O) groups excluding carboxylic acids is 2. The minimum Gasteiger partial charge on any atom is -0.467 e. The molecule has 1 unspecified atom stereocenters. The van der Waals surface area contributed by atoms with Gasteiger partial charge in [-0.25, -0.2) is 4.79 Å². The molecule has 0 aliphatic heterocycles. The molecule has 0 spiro atoms. The molecule has 7 nitrogen and oxygen atoms in total. The second kappa shape index (κ2) is 5.89. The van der Waals surface area contributed by atoms with E-state index in [0.29, 0.717) is 0 Å². The zero-order chi connectivity index (χ0) is 14.6. The standard InChI is InChI=1S/C11H11FN2O5/c1-6(11(16)19-2)13-10(15)7-3-4-9(14(17)18)8(12)5-7/h3-6H,1-2H3,(H,13,15). The average molecular weight is 270 g/mol. The number of hydrogen-bond donors (Lipinski definition) is 1. The Balaban J connectivity index is 2.87. The summed E-state index contributed by atoms with van der Waals surface area (Å²) in [5.41, 5.74) is -0.851. The zero-order valence-corrected chi connectivity index (χ0v) is 10.2. The molecule has 0 aromatic heterocycles. The first-order valence-corrected chi connectivity index (χ1v) is 5.19. The van der Waals surface area contributed by atoms with Gasteiger partial charge < -0.3 is 10.1 Å². The number of rotatable bonds is 4.